The largest absolute Gasteiger partial charge is 0.327 e. The maximum Gasteiger partial charge on any atom is 0.0300 e. The quantitative estimate of drug-likeness (QED) is 0.833. The molecule has 88 valence electrons. The Hall–Kier alpha value is -0.930. The summed E-state index contributed by atoms with van der Waals surface area (Å²) in [4.78, 5) is 6.61. The van der Waals surface area contributed by atoms with Gasteiger partial charge in [0.05, 0.1) is 0 Å². The fourth-order valence-electron chi connectivity index (χ4n) is 2.53. The second-order valence-corrected chi connectivity index (χ2v) is 4.97. The maximum atomic E-state index is 6.03. The molecule has 1 aliphatic heterocycles. The molecular weight excluding hydrogens is 198 g/mol. The summed E-state index contributed by atoms with van der Waals surface area (Å²) < 4.78 is 0. The van der Waals surface area contributed by atoms with Crippen LogP contribution in [0.1, 0.15) is 18.9 Å². The van der Waals surface area contributed by atoms with Crippen molar-refractivity contribution in [2.75, 3.05) is 19.6 Å². The van der Waals surface area contributed by atoms with Gasteiger partial charge < -0.3 is 10.6 Å². The highest BCUT2D eigenvalue weighted by atomic mass is 15.1. The molecule has 0 saturated carbocycles. The zero-order valence-electron chi connectivity index (χ0n) is 9.97. The summed E-state index contributed by atoms with van der Waals surface area (Å²) in [6.45, 7) is 5.62. The van der Waals surface area contributed by atoms with Crippen LogP contribution in [0.25, 0.3) is 0 Å². The van der Waals surface area contributed by atoms with Crippen LogP contribution >= 0.6 is 0 Å². The third kappa shape index (κ3) is 3.29. The number of likely N-dealkylation sites (tertiary alicyclic amines) is 1. The van der Waals surface area contributed by atoms with E-state index in [1.165, 1.54) is 18.5 Å². The van der Waals surface area contributed by atoms with Crippen LogP contribution in [-0.2, 0) is 6.42 Å². The van der Waals surface area contributed by atoms with Crippen molar-refractivity contribution in [3.63, 3.8) is 0 Å². The second-order valence-electron chi connectivity index (χ2n) is 4.97. The average molecular weight is 219 g/mol. The number of hydrogen-bond donors (Lipinski definition) is 1. The van der Waals surface area contributed by atoms with E-state index in [0.29, 0.717) is 6.04 Å². The number of nitrogens with zero attached hydrogens (tertiary/aromatic N) is 2. The smallest absolute Gasteiger partial charge is 0.0300 e. The molecule has 2 unspecified atom stereocenters. The highest BCUT2D eigenvalue weighted by molar-refractivity contribution is 5.08. The van der Waals surface area contributed by atoms with Crippen molar-refractivity contribution in [3.8, 4) is 0 Å². The summed E-state index contributed by atoms with van der Waals surface area (Å²) >= 11 is 0. The van der Waals surface area contributed by atoms with Crippen LogP contribution in [0.5, 0.6) is 0 Å². The first-order valence-corrected chi connectivity index (χ1v) is 6.11. The van der Waals surface area contributed by atoms with Crippen LogP contribution in [0.4, 0.5) is 0 Å². The van der Waals surface area contributed by atoms with Crippen molar-refractivity contribution in [3.05, 3.63) is 30.1 Å². The normalized spacial score (nSPS) is 26.9. The van der Waals surface area contributed by atoms with Gasteiger partial charge in [0.25, 0.3) is 0 Å². The highest BCUT2D eigenvalue weighted by Gasteiger charge is 2.21. The summed E-state index contributed by atoms with van der Waals surface area (Å²) in [7, 11) is 0. The molecule has 0 bridgehead atoms. The van der Waals surface area contributed by atoms with E-state index in [1.807, 2.05) is 18.5 Å². The molecule has 2 N–H and O–H groups in total. The van der Waals surface area contributed by atoms with Crippen molar-refractivity contribution in [1.29, 1.82) is 0 Å². The van der Waals surface area contributed by atoms with Crippen molar-refractivity contribution >= 4 is 0 Å². The first-order chi connectivity index (χ1) is 7.74. The molecule has 2 heterocycles. The molecule has 1 fully saturated rings. The predicted octanol–water partition coefficient (Wildman–Crippen LogP) is 1.29. The van der Waals surface area contributed by atoms with Gasteiger partial charge in [-0.05, 0) is 30.4 Å². The molecule has 1 aromatic heterocycles. The van der Waals surface area contributed by atoms with Crippen molar-refractivity contribution in [2.24, 2.45) is 11.7 Å². The SMILES string of the molecule is CC1CC(N)CN(CCc2cccnc2)C1. The molecule has 0 amide bonds. The van der Waals surface area contributed by atoms with Gasteiger partial charge >= 0.3 is 0 Å². The number of pyridine rings is 1. The van der Waals surface area contributed by atoms with Gasteiger partial charge in [-0.1, -0.05) is 13.0 Å². The minimum absolute atomic E-state index is 0.359. The number of nitrogens with two attached hydrogens (primary N) is 1. The minimum atomic E-state index is 0.359. The molecule has 3 heteroatoms. The number of aromatic nitrogens is 1. The Morgan fingerprint density at radius 2 is 2.38 bits per heavy atom. The zero-order valence-corrected chi connectivity index (χ0v) is 9.97. The minimum Gasteiger partial charge on any atom is -0.327 e. The molecule has 1 aliphatic rings. The summed E-state index contributed by atoms with van der Waals surface area (Å²) in [5, 5.41) is 0. The maximum absolute atomic E-state index is 6.03. The number of hydrogen-bond acceptors (Lipinski definition) is 3. The van der Waals surface area contributed by atoms with E-state index >= 15 is 0 Å². The van der Waals surface area contributed by atoms with Gasteiger partial charge in [-0.3, -0.25) is 4.98 Å². The zero-order chi connectivity index (χ0) is 11.4. The Kier molecular flexibility index (Phi) is 3.91. The molecule has 0 radical (unpaired) electrons. The Balaban J connectivity index is 1.81. The fourth-order valence-corrected chi connectivity index (χ4v) is 2.53. The van der Waals surface area contributed by atoms with E-state index in [9.17, 15) is 0 Å². The van der Waals surface area contributed by atoms with E-state index in [-0.39, 0.29) is 0 Å². The molecule has 2 rings (SSSR count). The lowest BCUT2D eigenvalue weighted by atomic mass is 9.96. The van der Waals surface area contributed by atoms with E-state index in [1.54, 1.807) is 0 Å². The Labute approximate surface area is 97.7 Å². The van der Waals surface area contributed by atoms with E-state index < -0.39 is 0 Å². The topological polar surface area (TPSA) is 42.1 Å². The van der Waals surface area contributed by atoms with Gasteiger partial charge in [0.1, 0.15) is 0 Å². The van der Waals surface area contributed by atoms with E-state index in [2.05, 4.69) is 22.9 Å². The van der Waals surface area contributed by atoms with Crippen LogP contribution in [0.3, 0.4) is 0 Å². The van der Waals surface area contributed by atoms with Crippen LogP contribution < -0.4 is 5.73 Å². The second kappa shape index (κ2) is 5.41. The molecule has 1 saturated heterocycles. The van der Waals surface area contributed by atoms with Gasteiger partial charge in [0.15, 0.2) is 0 Å². The molecule has 1 aromatic rings. The Bertz CT molecular complexity index is 302. The van der Waals surface area contributed by atoms with Gasteiger partial charge in [-0.15, -0.1) is 0 Å². The first-order valence-electron chi connectivity index (χ1n) is 6.11. The Morgan fingerprint density at radius 1 is 1.50 bits per heavy atom. The van der Waals surface area contributed by atoms with E-state index in [4.69, 9.17) is 5.73 Å². The Morgan fingerprint density at radius 3 is 3.06 bits per heavy atom. The van der Waals surface area contributed by atoms with Gasteiger partial charge in [0.2, 0.25) is 0 Å². The third-order valence-corrected chi connectivity index (χ3v) is 3.21. The third-order valence-electron chi connectivity index (χ3n) is 3.21. The molecule has 2 atom stereocenters. The lowest BCUT2D eigenvalue weighted by Crippen LogP contribution is -2.46. The first kappa shape index (κ1) is 11.6. The highest BCUT2D eigenvalue weighted by Crippen LogP contribution is 2.15. The van der Waals surface area contributed by atoms with E-state index in [0.717, 1.165) is 25.4 Å². The molecule has 0 aromatic carbocycles. The molecular formula is C13H21N3. The summed E-state index contributed by atoms with van der Waals surface area (Å²) in [5.41, 5.74) is 7.34. The summed E-state index contributed by atoms with van der Waals surface area (Å²) in [5.74, 6) is 0.734. The van der Waals surface area contributed by atoms with Crippen LogP contribution in [0, 0.1) is 5.92 Å². The summed E-state index contributed by atoms with van der Waals surface area (Å²) in [6.07, 6.45) is 6.02. The molecule has 3 nitrogen and oxygen atoms in total. The van der Waals surface area contributed by atoms with Gasteiger partial charge in [0, 0.05) is 38.1 Å². The average Bonchev–Trinajstić information content (AvgIpc) is 2.27. The van der Waals surface area contributed by atoms with Gasteiger partial charge in [-0.25, -0.2) is 0 Å². The number of piperidine rings is 1. The lowest BCUT2D eigenvalue weighted by Gasteiger charge is -2.34. The van der Waals surface area contributed by atoms with Crippen LogP contribution in [0.15, 0.2) is 24.5 Å². The number of rotatable bonds is 3. The van der Waals surface area contributed by atoms with Crippen molar-refractivity contribution in [2.45, 2.75) is 25.8 Å². The standard InChI is InChI=1S/C13H21N3/c1-11-7-13(14)10-16(9-11)6-4-12-3-2-5-15-8-12/h2-3,5,8,11,13H,4,6-7,9-10,14H2,1H3. The van der Waals surface area contributed by atoms with Gasteiger partial charge in [-0.2, -0.15) is 0 Å². The van der Waals surface area contributed by atoms with Crippen LogP contribution in [-0.4, -0.2) is 35.6 Å². The molecule has 16 heavy (non-hydrogen) atoms. The molecule has 0 aliphatic carbocycles. The molecule has 0 spiro atoms. The lowest BCUT2D eigenvalue weighted by molar-refractivity contribution is 0.167. The van der Waals surface area contributed by atoms with Crippen LogP contribution in [0.2, 0.25) is 0 Å². The fraction of sp³-hybridized carbons (Fsp3) is 0.615. The van der Waals surface area contributed by atoms with Crippen molar-refractivity contribution < 1.29 is 0 Å². The monoisotopic (exact) mass is 219 g/mol. The van der Waals surface area contributed by atoms with Crippen molar-refractivity contribution in [1.82, 2.24) is 9.88 Å². The summed E-state index contributed by atoms with van der Waals surface area (Å²) in [6, 6.07) is 4.50. The predicted molar refractivity (Wildman–Crippen MR) is 66.1 cm³/mol.